The number of esters is 1. The number of aliphatic hydroxyl groups is 2. The quantitative estimate of drug-likeness (QED) is 0.295. The van der Waals surface area contributed by atoms with E-state index in [0.717, 1.165) is 19.3 Å². The Morgan fingerprint density at radius 3 is 2.65 bits per heavy atom. The van der Waals surface area contributed by atoms with E-state index in [1.807, 2.05) is 18.2 Å². The van der Waals surface area contributed by atoms with Gasteiger partial charge in [0.25, 0.3) is 0 Å². The fourth-order valence-corrected chi connectivity index (χ4v) is 3.05. The molecular formula is C21H36O5. The van der Waals surface area contributed by atoms with E-state index in [9.17, 15) is 15.0 Å². The molecule has 0 radical (unpaired) electrons. The summed E-state index contributed by atoms with van der Waals surface area (Å²) < 4.78 is 10.4. The van der Waals surface area contributed by atoms with Crippen LogP contribution in [0.25, 0.3) is 0 Å². The van der Waals surface area contributed by atoms with E-state index in [1.165, 1.54) is 26.4 Å². The lowest BCUT2D eigenvalue weighted by Crippen LogP contribution is -2.25. The van der Waals surface area contributed by atoms with Crippen LogP contribution in [0, 0.1) is 0 Å². The van der Waals surface area contributed by atoms with Crippen LogP contribution < -0.4 is 0 Å². The molecule has 5 heteroatoms. The molecule has 1 aliphatic rings. The van der Waals surface area contributed by atoms with E-state index in [1.54, 1.807) is 0 Å². The smallest absolute Gasteiger partial charge is 0.305 e. The highest BCUT2D eigenvalue weighted by Gasteiger charge is 2.36. The van der Waals surface area contributed by atoms with E-state index in [4.69, 9.17) is 4.74 Å². The van der Waals surface area contributed by atoms with Crippen LogP contribution in [0.1, 0.15) is 71.1 Å². The molecule has 1 fully saturated rings. The zero-order chi connectivity index (χ0) is 19.2. The van der Waals surface area contributed by atoms with Crippen LogP contribution in [-0.2, 0) is 14.3 Å². The van der Waals surface area contributed by atoms with E-state index < -0.39 is 12.2 Å². The Hall–Kier alpha value is -1.17. The van der Waals surface area contributed by atoms with Gasteiger partial charge in [-0.2, -0.15) is 0 Å². The lowest BCUT2D eigenvalue weighted by atomic mass is 10.0. The molecule has 0 spiro atoms. The Balaban J connectivity index is 2.21. The topological polar surface area (TPSA) is 76.0 Å². The minimum absolute atomic E-state index is 0.191. The van der Waals surface area contributed by atoms with E-state index in [0.29, 0.717) is 25.7 Å². The Kier molecular flexibility index (Phi) is 12.3. The molecular weight excluding hydrogens is 332 g/mol. The van der Waals surface area contributed by atoms with Crippen molar-refractivity contribution in [1.82, 2.24) is 0 Å². The molecule has 0 aromatic heterocycles. The van der Waals surface area contributed by atoms with Crippen molar-refractivity contribution < 1.29 is 24.5 Å². The first-order valence-electron chi connectivity index (χ1n) is 9.96. The molecule has 0 bridgehead atoms. The molecule has 1 heterocycles. The summed E-state index contributed by atoms with van der Waals surface area (Å²) in [6.07, 6.45) is 14.8. The van der Waals surface area contributed by atoms with Crippen molar-refractivity contribution in [2.45, 2.75) is 95.5 Å². The zero-order valence-electron chi connectivity index (χ0n) is 16.3. The highest BCUT2D eigenvalue weighted by molar-refractivity contribution is 5.69. The van der Waals surface area contributed by atoms with Crippen LogP contribution in [0.15, 0.2) is 24.3 Å². The predicted octanol–water partition coefficient (Wildman–Crippen LogP) is 3.68. The first kappa shape index (κ1) is 22.9. The molecule has 5 nitrogen and oxygen atoms in total. The van der Waals surface area contributed by atoms with Gasteiger partial charge in [-0.25, -0.2) is 0 Å². The van der Waals surface area contributed by atoms with Gasteiger partial charge in [0.15, 0.2) is 0 Å². The Bertz CT molecular complexity index is 432. The largest absolute Gasteiger partial charge is 0.469 e. The van der Waals surface area contributed by atoms with Crippen LogP contribution in [-0.4, -0.2) is 47.7 Å². The fraction of sp³-hybridized carbons (Fsp3) is 0.762. The molecule has 0 aromatic carbocycles. The Morgan fingerprint density at radius 1 is 1.19 bits per heavy atom. The van der Waals surface area contributed by atoms with Crippen molar-refractivity contribution in [3.63, 3.8) is 0 Å². The summed E-state index contributed by atoms with van der Waals surface area (Å²) in [6, 6.07) is 0. The van der Waals surface area contributed by atoms with Crippen LogP contribution in [0.3, 0.4) is 0 Å². The van der Waals surface area contributed by atoms with Gasteiger partial charge in [-0.05, 0) is 38.5 Å². The van der Waals surface area contributed by atoms with Crippen molar-refractivity contribution in [3.8, 4) is 0 Å². The normalized spacial score (nSPS) is 24.5. The summed E-state index contributed by atoms with van der Waals surface area (Å²) in [5, 5.41) is 20.4. The van der Waals surface area contributed by atoms with Crippen molar-refractivity contribution in [2.75, 3.05) is 7.11 Å². The highest BCUT2D eigenvalue weighted by Crippen LogP contribution is 2.26. The minimum atomic E-state index is -0.568. The summed E-state index contributed by atoms with van der Waals surface area (Å²) in [5.41, 5.74) is 0. The lowest BCUT2D eigenvalue weighted by molar-refractivity contribution is -0.140. The third-order valence-corrected chi connectivity index (χ3v) is 4.71. The molecule has 150 valence electrons. The van der Waals surface area contributed by atoms with E-state index in [2.05, 4.69) is 17.7 Å². The third kappa shape index (κ3) is 9.51. The SMILES string of the molecule is CCCCC/C=C\CC(O)C1C[C@@H](O)[C@H](C/C=C\CCCC(=O)OC)O1. The number of rotatable bonds is 13. The van der Waals surface area contributed by atoms with E-state index >= 15 is 0 Å². The van der Waals surface area contributed by atoms with Gasteiger partial charge in [0.05, 0.1) is 31.5 Å². The molecule has 26 heavy (non-hydrogen) atoms. The number of allylic oxidation sites excluding steroid dienone is 2. The second-order valence-electron chi connectivity index (χ2n) is 6.96. The van der Waals surface area contributed by atoms with Crippen molar-refractivity contribution in [2.24, 2.45) is 0 Å². The average molecular weight is 369 g/mol. The number of aliphatic hydroxyl groups excluding tert-OH is 2. The van der Waals surface area contributed by atoms with Crippen molar-refractivity contribution >= 4 is 5.97 Å². The second-order valence-corrected chi connectivity index (χ2v) is 6.96. The Morgan fingerprint density at radius 2 is 1.92 bits per heavy atom. The van der Waals surface area contributed by atoms with Gasteiger partial charge in [-0.1, -0.05) is 44.1 Å². The maximum Gasteiger partial charge on any atom is 0.305 e. The zero-order valence-corrected chi connectivity index (χ0v) is 16.3. The fourth-order valence-electron chi connectivity index (χ4n) is 3.05. The number of hydrogen-bond donors (Lipinski definition) is 2. The second kappa shape index (κ2) is 14.0. The number of unbranched alkanes of at least 4 members (excludes halogenated alkanes) is 4. The molecule has 1 rings (SSSR count). The summed E-state index contributed by atoms with van der Waals surface area (Å²) in [4.78, 5) is 11.0. The summed E-state index contributed by atoms with van der Waals surface area (Å²) >= 11 is 0. The molecule has 0 amide bonds. The summed E-state index contributed by atoms with van der Waals surface area (Å²) in [6.45, 7) is 2.18. The standard InChI is InChI=1S/C21H36O5/c1-3-4-5-6-7-10-13-17(22)20-16-18(23)19(26-20)14-11-8-9-12-15-21(24)25-2/h7-8,10-11,17-20,22-23H,3-6,9,12-16H2,1-2H3/b10-7-,11-8-/t17?,18-,19+,20?/m1/s1. The molecule has 2 unspecified atom stereocenters. The van der Waals surface area contributed by atoms with Gasteiger partial charge in [0, 0.05) is 12.8 Å². The number of methoxy groups -OCH3 is 1. The van der Waals surface area contributed by atoms with E-state index in [-0.39, 0.29) is 18.2 Å². The maximum absolute atomic E-state index is 11.0. The number of carbonyl (C=O) groups is 1. The number of carbonyl (C=O) groups excluding carboxylic acids is 1. The summed E-state index contributed by atoms with van der Waals surface area (Å²) in [7, 11) is 1.39. The van der Waals surface area contributed by atoms with Crippen molar-refractivity contribution in [3.05, 3.63) is 24.3 Å². The molecule has 1 saturated heterocycles. The maximum atomic E-state index is 11.0. The van der Waals surface area contributed by atoms with Crippen LogP contribution in [0.5, 0.6) is 0 Å². The van der Waals surface area contributed by atoms with Crippen molar-refractivity contribution in [1.29, 1.82) is 0 Å². The lowest BCUT2D eigenvalue weighted by Gasteiger charge is -2.17. The first-order valence-corrected chi connectivity index (χ1v) is 9.96. The summed E-state index contributed by atoms with van der Waals surface area (Å²) in [5.74, 6) is -0.191. The van der Waals surface area contributed by atoms with Crippen LogP contribution >= 0.6 is 0 Å². The highest BCUT2D eigenvalue weighted by atomic mass is 16.5. The van der Waals surface area contributed by atoms with Gasteiger partial charge in [-0.3, -0.25) is 4.79 Å². The monoisotopic (exact) mass is 368 g/mol. The first-order chi connectivity index (χ1) is 12.6. The molecule has 0 aliphatic carbocycles. The predicted molar refractivity (Wildman–Crippen MR) is 103 cm³/mol. The van der Waals surface area contributed by atoms with Gasteiger partial charge in [-0.15, -0.1) is 0 Å². The van der Waals surface area contributed by atoms with Crippen LogP contribution in [0.4, 0.5) is 0 Å². The average Bonchev–Trinajstić information content (AvgIpc) is 3.01. The van der Waals surface area contributed by atoms with Crippen LogP contribution in [0.2, 0.25) is 0 Å². The minimum Gasteiger partial charge on any atom is -0.469 e. The molecule has 1 aliphatic heterocycles. The Labute approximate surface area is 158 Å². The van der Waals surface area contributed by atoms with Gasteiger partial charge in [0.2, 0.25) is 0 Å². The number of hydrogen-bond acceptors (Lipinski definition) is 5. The molecule has 0 aromatic rings. The third-order valence-electron chi connectivity index (χ3n) is 4.71. The number of ether oxygens (including phenoxy) is 2. The molecule has 2 N–H and O–H groups in total. The van der Waals surface area contributed by atoms with Gasteiger partial charge >= 0.3 is 5.97 Å². The van der Waals surface area contributed by atoms with Gasteiger partial charge < -0.3 is 19.7 Å². The molecule has 4 atom stereocenters. The molecule has 0 saturated carbocycles. The van der Waals surface area contributed by atoms with Gasteiger partial charge in [0.1, 0.15) is 0 Å².